The fourth-order valence-electron chi connectivity index (χ4n) is 3.10. The minimum absolute atomic E-state index is 0.0383. The number of halogens is 1. The van der Waals surface area contributed by atoms with Crippen LogP contribution in [0.3, 0.4) is 0 Å². The first-order chi connectivity index (χ1) is 12.1. The van der Waals surface area contributed by atoms with Crippen molar-refractivity contribution in [3.8, 4) is 5.75 Å². The summed E-state index contributed by atoms with van der Waals surface area (Å²) in [5.74, 6) is 1.51. The predicted molar refractivity (Wildman–Crippen MR) is 105 cm³/mol. The topological polar surface area (TPSA) is 41.6 Å². The normalized spacial score (nSPS) is 15.9. The molecule has 0 aliphatic carbocycles. The molecule has 1 fully saturated rings. The number of carbonyl (C=O) groups excluding carboxylic acids is 1. The second kappa shape index (κ2) is 8.83. The molecule has 2 heterocycles. The van der Waals surface area contributed by atoms with Gasteiger partial charge in [0.25, 0.3) is 5.91 Å². The molecule has 1 aromatic heterocycles. The second-order valence-corrected chi connectivity index (χ2v) is 8.84. The highest BCUT2D eigenvalue weighted by molar-refractivity contribution is 9.11. The zero-order valence-electron chi connectivity index (χ0n) is 14.3. The van der Waals surface area contributed by atoms with E-state index in [1.807, 2.05) is 24.3 Å². The van der Waals surface area contributed by atoms with E-state index in [9.17, 15) is 4.79 Å². The summed E-state index contributed by atoms with van der Waals surface area (Å²) in [4.78, 5) is 15.4. The molecule has 1 aromatic carbocycles. The molecule has 1 saturated heterocycles. The van der Waals surface area contributed by atoms with Gasteiger partial charge in [-0.25, -0.2) is 0 Å². The Morgan fingerprint density at radius 3 is 2.56 bits per heavy atom. The number of thiophene rings is 1. The monoisotopic (exact) mass is 422 g/mol. The van der Waals surface area contributed by atoms with Gasteiger partial charge in [0.1, 0.15) is 5.75 Å². The average molecular weight is 423 g/mol. The largest absolute Gasteiger partial charge is 0.497 e. The molecule has 1 N–H and O–H groups in total. The number of ether oxygens (including phenoxy) is 1. The summed E-state index contributed by atoms with van der Waals surface area (Å²) >= 11 is 4.87. The van der Waals surface area contributed by atoms with Crippen molar-refractivity contribution in [1.82, 2.24) is 10.2 Å². The second-order valence-electron chi connectivity index (χ2n) is 6.38. The van der Waals surface area contributed by atoms with Gasteiger partial charge in [-0.05, 0) is 77.6 Å². The molecule has 0 saturated carbocycles. The van der Waals surface area contributed by atoms with Gasteiger partial charge in [-0.1, -0.05) is 12.1 Å². The molecule has 1 amide bonds. The number of benzene rings is 1. The number of likely N-dealkylation sites (tertiary alicyclic amines) is 1. The minimum Gasteiger partial charge on any atom is -0.497 e. The highest BCUT2D eigenvalue weighted by atomic mass is 79.9. The molecule has 134 valence electrons. The van der Waals surface area contributed by atoms with Crippen LogP contribution in [0.5, 0.6) is 5.75 Å². The third-order valence-corrected chi connectivity index (χ3v) is 6.24. The number of carbonyl (C=O) groups is 1. The number of hydrogen-bond acceptors (Lipinski definition) is 4. The first kappa shape index (κ1) is 18.4. The minimum atomic E-state index is 0.0383. The van der Waals surface area contributed by atoms with Gasteiger partial charge in [-0.15, -0.1) is 11.3 Å². The maximum Gasteiger partial charge on any atom is 0.261 e. The van der Waals surface area contributed by atoms with Crippen LogP contribution in [0, 0.1) is 5.92 Å². The van der Waals surface area contributed by atoms with Crippen LogP contribution in [0.15, 0.2) is 40.2 Å². The van der Waals surface area contributed by atoms with Crippen LogP contribution < -0.4 is 10.1 Å². The fraction of sp³-hybridized carbons (Fsp3) is 0.421. The van der Waals surface area contributed by atoms with E-state index in [-0.39, 0.29) is 5.91 Å². The molecule has 2 aromatic rings. The van der Waals surface area contributed by atoms with Gasteiger partial charge in [0.05, 0.1) is 15.8 Å². The smallest absolute Gasteiger partial charge is 0.261 e. The van der Waals surface area contributed by atoms with E-state index in [2.05, 4.69) is 38.3 Å². The van der Waals surface area contributed by atoms with Crippen molar-refractivity contribution in [1.29, 1.82) is 0 Å². The summed E-state index contributed by atoms with van der Waals surface area (Å²) in [6.45, 7) is 3.91. The maximum absolute atomic E-state index is 12.1. The Morgan fingerprint density at radius 1 is 1.24 bits per heavy atom. The summed E-state index contributed by atoms with van der Waals surface area (Å²) in [6, 6.07) is 12.1. The Bertz CT molecular complexity index is 694. The van der Waals surface area contributed by atoms with Crippen molar-refractivity contribution in [2.75, 3.05) is 26.7 Å². The highest BCUT2D eigenvalue weighted by Crippen LogP contribution is 2.23. The van der Waals surface area contributed by atoms with Crippen LogP contribution in [0.1, 0.15) is 28.1 Å². The Labute approximate surface area is 161 Å². The van der Waals surface area contributed by atoms with Crippen LogP contribution in [0.4, 0.5) is 0 Å². The maximum atomic E-state index is 12.1. The lowest BCUT2D eigenvalue weighted by Gasteiger charge is -2.32. The number of nitrogens with zero attached hydrogens (tertiary/aromatic N) is 1. The molecule has 25 heavy (non-hydrogen) atoms. The van der Waals surface area contributed by atoms with Crippen molar-refractivity contribution in [3.63, 3.8) is 0 Å². The van der Waals surface area contributed by atoms with E-state index in [1.54, 1.807) is 7.11 Å². The molecule has 6 heteroatoms. The van der Waals surface area contributed by atoms with Gasteiger partial charge in [0.15, 0.2) is 0 Å². The Kier molecular flexibility index (Phi) is 6.51. The number of amides is 1. The van der Waals surface area contributed by atoms with Gasteiger partial charge in [0, 0.05) is 13.1 Å². The molecule has 0 spiro atoms. The number of methoxy groups -OCH3 is 1. The van der Waals surface area contributed by atoms with Crippen LogP contribution in [-0.4, -0.2) is 37.6 Å². The van der Waals surface area contributed by atoms with Crippen LogP contribution in [-0.2, 0) is 6.54 Å². The van der Waals surface area contributed by atoms with Gasteiger partial charge >= 0.3 is 0 Å². The zero-order chi connectivity index (χ0) is 17.6. The number of piperidine rings is 1. The Balaban J connectivity index is 1.40. The van der Waals surface area contributed by atoms with Gasteiger partial charge < -0.3 is 10.1 Å². The molecule has 0 radical (unpaired) electrons. The predicted octanol–water partition coefficient (Wildman–Crippen LogP) is 4.16. The number of rotatable bonds is 6. The summed E-state index contributed by atoms with van der Waals surface area (Å²) in [7, 11) is 1.69. The molecule has 0 unspecified atom stereocenters. The Hall–Kier alpha value is -1.37. The highest BCUT2D eigenvalue weighted by Gasteiger charge is 2.20. The Morgan fingerprint density at radius 2 is 1.96 bits per heavy atom. The van der Waals surface area contributed by atoms with Crippen LogP contribution in [0.25, 0.3) is 0 Å². The van der Waals surface area contributed by atoms with Crippen LogP contribution in [0.2, 0.25) is 0 Å². The molecule has 1 aliphatic heterocycles. The van der Waals surface area contributed by atoms with E-state index in [1.165, 1.54) is 16.9 Å². The fourth-order valence-corrected chi connectivity index (χ4v) is 4.40. The molecule has 1 aliphatic rings. The van der Waals surface area contributed by atoms with Gasteiger partial charge in [0.2, 0.25) is 0 Å². The van der Waals surface area contributed by atoms with E-state index in [4.69, 9.17) is 4.74 Å². The van der Waals surface area contributed by atoms with Crippen molar-refractivity contribution in [3.05, 3.63) is 50.6 Å². The standard InChI is InChI=1S/C19H23BrN2O2S/c1-24-16-4-2-15(3-5-16)13-22-10-8-14(9-11-22)12-21-19(23)17-6-7-18(20)25-17/h2-7,14H,8-13H2,1H3,(H,21,23). The molecule has 0 atom stereocenters. The average Bonchev–Trinajstić information content (AvgIpc) is 3.08. The summed E-state index contributed by atoms with van der Waals surface area (Å²) in [6.07, 6.45) is 2.26. The molecule has 3 rings (SSSR count). The van der Waals surface area contributed by atoms with Gasteiger partial charge in [-0.2, -0.15) is 0 Å². The zero-order valence-corrected chi connectivity index (χ0v) is 16.7. The molecular weight excluding hydrogens is 400 g/mol. The van der Waals surface area contributed by atoms with Gasteiger partial charge in [-0.3, -0.25) is 9.69 Å². The van der Waals surface area contributed by atoms with E-state index in [0.29, 0.717) is 5.92 Å². The first-order valence-corrected chi connectivity index (χ1v) is 10.1. The quantitative estimate of drug-likeness (QED) is 0.759. The lowest BCUT2D eigenvalue weighted by Crippen LogP contribution is -2.38. The summed E-state index contributed by atoms with van der Waals surface area (Å²) < 4.78 is 6.19. The van der Waals surface area contributed by atoms with E-state index < -0.39 is 0 Å². The third kappa shape index (κ3) is 5.30. The molecular formula is C19H23BrN2O2S. The summed E-state index contributed by atoms with van der Waals surface area (Å²) in [5, 5.41) is 3.08. The van der Waals surface area contributed by atoms with E-state index in [0.717, 1.165) is 53.4 Å². The number of hydrogen-bond donors (Lipinski definition) is 1. The third-order valence-electron chi connectivity index (χ3n) is 4.62. The van der Waals surface area contributed by atoms with Crippen molar-refractivity contribution in [2.24, 2.45) is 5.92 Å². The first-order valence-electron chi connectivity index (χ1n) is 8.53. The van der Waals surface area contributed by atoms with E-state index >= 15 is 0 Å². The molecule has 0 bridgehead atoms. The van der Waals surface area contributed by atoms with Crippen LogP contribution >= 0.6 is 27.3 Å². The molecule has 4 nitrogen and oxygen atoms in total. The lowest BCUT2D eigenvalue weighted by molar-refractivity contribution is 0.0939. The summed E-state index contributed by atoms with van der Waals surface area (Å²) in [5.41, 5.74) is 1.32. The lowest BCUT2D eigenvalue weighted by atomic mass is 9.96. The van der Waals surface area contributed by atoms with Crippen molar-refractivity contribution in [2.45, 2.75) is 19.4 Å². The SMILES string of the molecule is COc1ccc(CN2CCC(CNC(=O)c3ccc(Br)s3)CC2)cc1. The van der Waals surface area contributed by atoms with Crippen molar-refractivity contribution < 1.29 is 9.53 Å². The number of nitrogens with one attached hydrogen (secondary N) is 1. The van der Waals surface area contributed by atoms with Crippen molar-refractivity contribution >= 4 is 33.2 Å².